The van der Waals surface area contributed by atoms with Crippen molar-refractivity contribution in [3.63, 3.8) is 0 Å². The van der Waals surface area contributed by atoms with Crippen LogP contribution in [0.25, 0.3) is 0 Å². The maximum absolute atomic E-state index is 12.8. The fraction of sp³-hybridized carbons (Fsp3) is 0.222. The number of fused-ring (bicyclic) bond motifs is 1. The van der Waals surface area contributed by atoms with Crippen molar-refractivity contribution in [2.75, 3.05) is 0 Å². The zero-order valence-electron chi connectivity index (χ0n) is 7.06. The largest absolute Gasteiger partial charge is 0.321 e. The molecule has 0 saturated heterocycles. The Hall–Kier alpha value is -1.16. The summed E-state index contributed by atoms with van der Waals surface area (Å²) in [4.78, 5) is 12.1. The molecule has 0 bridgehead atoms. The molecule has 0 fully saturated rings. The molecule has 0 spiro atoms. The van der Waals surface area contributed by atoms with Gasteiger partial charge in [-0.2, -0.15) is 0 Å². The minimum Gasteiger partial charge on any atom is -0.321 e. The summed E-state index contributed by atoms with van der Waals surface area (Å²) in [7, 11) is 0. The molecule has 2 nitrogen and oxygen atoms in total. The van der Waals surface area contributed by atoms with Gasteiger partial charge in [0.2, 0.25) is 0 Å². The number of hydrogen-bond donors (Lipinski definition) is 0. The van der Waals surface area contributed by atoms with Crippen LogP contribution in [0.1, 0.15) is 11.1 Å². The third kappa shape index (κ3) is 1.46. The van der Waals surface area contributed by atoms with Gasteiger partial charge in [0.15, 0.2) is 11.6 Å². The predicted molar refractivity (Wildman–Crippen MR) is 46.9 cm³/mol. The number of carbonyl (C=O) groups excluding carboxylic acids is 1. The highest BCUT2D eigenvalue weighted by atomic mass is 35.5. The van der Waals surface area contributed by atoms with Crippen LogP contribution in [0.4, 0.5) is 13.6 Å². The van der Waals surface area contributed by atoms with Gasteiger partial charge in [0.1, 0.15) is 0 Å². The zero-order valence-corrected chi connectivity index (χ0v) is 7.81. The van der Waals surface area contributed by atoms with Crippen molar-refractivity contribution in [3.05, 3.63) is 34.9 Å². The number of benzene rings is 1. The summed E-state index contributed by atoms with van der Waals surface area (Å²) in [5, 5.41) is -0.609. The van der Waals surface area contributed by atoms with Crippen molar-refractivity contribution in [2.24, 2.45) is 0 Å². The van der Waals surface area contributed by atoms with Crippen molar-refractivity contribution in [1.82, 2.24) is 4.90 Å². The van der Waals surface area contributed by atoms with Gasteiger partial charge in [0.25, 0.3) is 0 Å². The maximum atomic E-state index is 12.8. The molecule has 14 heavy (non-hydrogen) atoms. The van der Waals surface area contributed by atoms with Gasteiger partial charge in [0, 0.05) is 13.1 Å². The lowest BCUT2D eigenvalue weighted by atomic mass is 10.1. The van der Waals surface area contributed by atoms with E-state index in [-0.39, 0.29) is 13.1 Å². The standard InChI is InChI=1S/C9H6ClF2NO/c10-9(14)13-3-5-1-7(11)8(12)2-6(5)4-13/h1-2H,3-4H2. The number of rotatable bonds is 0. The second-order valence-electron chi connectivity index (χ2n) is 3.14. The number of carbonyl (C=O) groups is 1. The zero-order chi connectivity index (χ0) is 10.3. The summed E-state index contributed by atoms with van der Waals surface area (Å²) < 4.78 is 25.6. The Bertz CT molecular complexity index is 377. The molecule has 1 aromatic rings. The summed E-state index contributed by atoms with van der Waals surface area (Å²) in [6.07, 6.45) is 0. The minimum atomic E-state index is -0.896. The highest BCUT2D eigenvalue weighted by molar-refractivity contribution is 6.62. The van der Waals surface area contributed by atoms with E-state index in [4.69, 9.17) is 11.6 Å². The summed E-state index contributed by atoms with van der Waals surface area (Å²) in [5.41, 5.74) is 1.22. The molecule has 0 aromatic heterocycles. The normalized spacial score (nSPS) is 14.4. The number of amides is 1. The first-order valence-electron chi connectivity index (χ1n) is 3.99. The van der Waals surface area contributed by atoms with Crippen LogP contribution in [0, 0.1) is 11.6 Å². The van der Waals surface area contributed by atoms with E-state index in [9.17, 15) is 13.6 Å². The quantitative estimate of drug-likeness (QED) is 0.483. The fourth-order valence-corrected chi connectivity index (χ4v) is 1.63. The first kappa shape index (κ1) is 9.40. The molecular weight excluding hydrogens is 212 g/mol. The van der Waals surface area contributed by atoms with E-state index in [1.165, 1.54) is 4.90 Å². The number of nitrogens with zero attached hydrogens (tertiary/aromatic N) is 1. The van der Waals surface area contributed by atoms with Gasteiger partial charge in [-0.1, -0.05) is 0 Å². The van der Waals surface area contributed by atoms with Crippen LogP contribution in [0.15, 0.2) is 12.1 Å². The molecular formula is C9H6ClF2NO. The van der Waals surface area contributed by atoms with Crippen LogP contribution in [0.5, 0.6) is 0 Å². The first-order chi connectivity index (χ1) is 6.58. The average Bonchev–Trinajstić information content (AvgIpc) is 2.48. The molecule has 0 unspecified atom stereocenters. The van der Waals surface area contributed by atoms with Crippen molar-refractivity contribution in [3.8, 4) is 0 Å². The molecule has 1 aliphatic rings. The number of hydrogen-bond acceptors (Lipinski definition) is 1. The van der Waals surface area contributed by atoms with Crippen LogP contribution >= 0.6 is 11.6 Å². The van der Waals surface area contributed by atoms with Gasteiger partial charge in [0.05, 0.1) is 0 Å². The van der Waals surface area contributed by atoms with Gasteiger partial charge < -0.3 is 4.90 Å². The highest BCUT2D eigenvalue weighted by Crippen LogP contribution is 2.25. The van der Waals surface area contributed by atoms with Gasteiger partial charge >= 0.3 is 5.37 Å². The Labute approximate surface area is 84.1 Å². The second-order valence-corrected chi connectivity index (χ2v) is 3.47. The summed E-state index contributed by atoms with van der Waals surface area (Å²) in [5.74, 6) is -1.79. The van der Waals surface area contributed by atoms with Crippen LogP contribution in [-0.2, 0) is 13.1 Å². The van der Waals surface area contributed by atoms with Gasteiger partial charge in [-0.3, -0.25) is 4.79 Å². The summed E-state index contributed by atoms with van der Waals surface area (Å²) in [6.45, 7) is 0.490. The second kappa shape index (κ2) is 3.20. The van der Waals surface area contributed by atoms with E-state index in [1.54, 1.807) is 0 Å². The molecule has 0 saturated carbocycles. The lowest BCUT2D eigenvalue weighted by Crippen LogP contribution is -2.18. The average molecular weight is 218 g/mol. The van der Waals surface area contributed by atoms with Crippen LogP contribution in [-0.4, -0.2) is 10.3 Å². The lowest BCUT2D eigenvalue weighted by molar-refractivity contribution is 0.222. The molecule has 74 valence electrons. The van der Waals surface area contributed by atoms with Crippen molar-refractivity contribution >= 4 is 17.0 Å². The molecule has 0 aliphatic carbocycles. The Morgan fingerprint density at radius 3 is 2.00 bits per heavy atom. The molecule has 0 atom stereocenters. The van der Waals surface area contributed by atoms with Crippen LogP contribution in [0.3, 0.4) is 0 Å². The van der Waals surface area contributed by atoms with Gasteiger partial charge in [-0.05, 0) is 34.9 Å². The van der Waals surface area contributed by atoms with Gasteiger partial charge in [-0.15, -0.1) is 0 Å². The fourth-order valence-electron chi connectivity index (χ4n) is 1.52. The van der Waals surface area contributed by atoms with Crippen LogP contribution in [0.2, 0.25) is 0 Å². The van der Waals surface area contributed by atoms with E-state index < -0.39 is 17.0 Å². The van der Waals surface area contributed by atoms with E-state index in [2.05, 4.69) is 0 Å². The highest BCUT2D eigenvalue weighted by Gasteiger charge is 2.23. The molecule has 0 radical (unpaired) electrons. The molecule has 1 aliphatic heterocycles. The van der Waals surface area contributed by atoms with Crippen molar-refractivity contribution < 1.29 is 13.6 Å². The van der Waals surface area contributed by atoms with E-state index in [0.29, 0.717) is 11.1 Å². The van der Waals surface area contributed by atoms with E-state index in [1.807, 2.05) is 0 Å². The maximum Gasteiger partial charge on any atom is 0.316 e. The van der Waals surface area contributed by atoms with Crippen molar-refractivity contribution in [2.45, 2.75) is 13.1 Å². The van der Waals surface area contributed by atoms with E-state index in [0.717, 1.165) is 12.1 Å². The third-order valence-corrected chi connectivity index (χ3v) is 2.45. The number of halogens is 3. The Balaban J connectivity index is 2.36. The first-order valence-corrected chi connectivity index (χ1v) is 4.37. The third-order valence-electron chi connectivity index (χ3n) is 2.21. The lowest BCUT2D eigenvalue weighted by Gasteiger charge is -2.08. The molecule has 1 amide bonds. The smallest absolute Gasteiger partial charge is 0.316 e. The summed E-state index contributed by atoms with van der Waals surface area (Å²) >= 11 is 5.25. The minimum absolute atomic E-state index is 0.245. The molecule has 5 heteroatoms. The Morgan fingerprint density at radius 2 is 1.64 bits per heavy atom. The SMILES string of the molecule is O=C(Cl)N1Cc2cc(F)c(F)cc2C1. The van der Waals surface area contributed by atoms with E-state index >= 15 is 0 Å². The Kier molecular flexibility index (Phi) is 2.15. The molecule has 0 N–H and O–H groups in total. The Morgan fingerprint density at radius 1 is 1.21 bits per heavy atom. The van der Waals surface area contributed by atoms with Gasteiger partial charge in [-0.25, -0.2) is 8.78 Å². The summed E-state index contributed by atoms with van der Waals surface area (Å²) in [6, 6.07) is 2.20. The predicted octanol–water partition coefficient (Wildman–Crippen LogP) is 2.64. The monoisotopic (exact) mass is 217 g/mol. The molecule has 1 heterocycles. The molecule has 1 aromatic carbocycles. The van der Waals surface area contributed by atoms with Crippen LogP contribution < -0.4 is 0 Å². The topological polar surface area (TPSA) is 20.3 Å². The molecule has 2 rings (SSSR count). The van der Waals surface area contributed by atoms with Crippen molar-refractivity contribution in [1.29, 1.82) is 0 Å².